The Morgan fingerprint density at radius 1 is 0.965 bits per heavy atom. The maximum absolute atomic E-state index is 14.5. The van der Waals surface area contributed by atoms with Gasteiger partial charge in [0.1, 0.15) is 47.7 Å². The molecule has 0 amide bonds. The average Bonchev–Trinajstić information content (AvgIpc) is 3.74. The van der Waals surface area contributed by atoms with Crippen molar-refractivity contribution in [3.05, 3.63) is 59.3 Å². The van der Waals surface area contributed by atoms with Gasteiger partial charge in [0.05, 0.1) is 43.8 Å². The molecule has 2 unspecified atom stereocenters. The lowest BCUT2D eigenvalue weighted by Gasteiger charge is -2.27. The molecule has 318 valence electrons. The highest BCUT2D eigenvalue weighted by atomic mass is 31.2. The van der Waals surface area contributed by atoms with E-state index < -0.39 is 56.9 Å². The summed E-state index contributed by atoms with van der Waals surface area (Å²) in [7, 11) is -4.76. The van der Waals surface area contributed by atoms with Crippen LogP contribution in [0.5, 0.6) is 0 Å². The van der Waals surface area contributed by atoms with Crippen molar-refractivity contribution < 1.29 is 47.3 Å². The number of rotatable bonds is 29. The van der Waals surface area contributed by atoms with Crippen LogP contribution in [0.15, 0.2) is 36.7 Å². The van der Waals surface area contributed by atoms with E-state index in [1.807, 2.05) is 6.07 Å². The fourth-order valence-corrected chi connectivity index (χ4v) is 7.88. The number of unbranched alkanes of at least 4 members (excludes halogenated alkanes) is 15. The van der Waals surface area contributed by atoms with Crippen molar-refractivity contribution in [3.8, 4) is 6.07 Å². The van der Waals surface area contributed by atoms with Crippen molar-refractivity contribution in [2.45, 2.75) is 153 Å². The molecule has 1 aliphatic heterocycles. The highest BCUT2D eigenvalue weighted by Crippen LogP contribution is 2.46. The number of nitrogens with zero attached hydrogens (tertiary/aromatic N) is 4. The predicted molar refractivity (Wildman–Crippen MR) is 213 cm³/mol. The number of hydrogen-bond donors (Lipinski definition) is 4. The van der Waals surface area contributed by atoms with Gasteiger partial charge < -0.3 is 35.1 Å². The van der Waals surface area contributed by atoms with Gasteiger partial charge >= 0.3 is 7.82 Å². The summed E-state index contributed by atoms with van der Waals surface area (Å²) >= 11 is 0. The lowest BCUT2D eigenvalue weighted by Crippen LogP contribution is -2.39. The number of phosphoric acid groups is 1. The number of aromatic nitrogens is 3. The molecule has 0 bridgehead atoms. The van der Waals surface area contributed by atoms with Crippen LogP contribution in [0, 0.1) is 17.1 Å². The molecule has 0 radical (unpaired) electrons. The van der Waals surface area contributed by atoms with Gasteiger partial charge in [-0.2, -0.15) is 10.4 Å². The number of aliphatic hydroxyl groups is 2. The fourth-order valence-electron chi connectivity index (χ4n) is 7.11. The molecule has 3 aromatic rings. The number of nitrogens with two attached hydrogens (primary N) is 1. The second-order valence-corrected chi connectivity index (χ2v) is 16.6. The Hall–Kier alpha value is -3.03. The maximum atomic E-state index is 14.5. The summed E-state index contributed by atoms with van der Waals surface area (Å²) in [4.78, 5) is 14.5. The number of phosphoric ester groups is 1. The van der Waals surface area contributed by atoms with Crippen molar-refractivity contribution in [3.63, 3.8) is 0 Å². The number of fused-ring (bicyclic) bond motifs is 1. The van der Waals surface area contributed by atoms with Crippen molar-refractivity contribution in [1.29, 1.82) is 5.26 Å². The Labute approximate surface area is 336 Å². The topological polar surface area (TPSA) is 204 Å². The molecule has 16 heteroatoms. The first-order valence-corrected chi connectivity index (χ1v) is 22.1. The zero-order valence-electron chi connectivity index (χ0n) is 33.6. The normalized spacial score (nSPS) is 21.2. The molecule has 5 N–H and O–H groups in total. The second-order valence-electron chi connectivity index (χ2n) is 15.1. The Balaban J connectivity index is 1.18. The van der Waals surface area contributed by atoms with Gasteiger partial charge in [0.2, 0.25) is 0 Å². The summed E-state index contributed by atoms with van der Waals surface area (Å²) in [6.07, 6.45) is 16.3. The van der Waals surface area contributed by atoms with Gasteiger partial charge in [-0.1, -0.05) is 103 Å². The van der Waals surface area contributed by atoms with Crippen LogP contribution in [0.3, 0.4) is 0 Å². The largest absolute Gasteiger partial charge is 0.472 e. The van der Waals surface area contributed by atoms with Crippen LogP contribution in [0.1, 0.15) is 133 Å². The van der Waals surface area contributed by atoms with Crippen LogP contribution in [-0.4, -0.2) is 80.5 Å². The summed E-state index contributed by atoms with van der Waals surface area (Å²) < 4.78 is 57.1. The van der Waals surface area contributed by atoms with Crippen molar-refractivity contribution in [2.75, 3.05) is 32.2 Å². The number of hydrogen-bond acceptors (Lipinski definition) is 12. The first-order valence-electron chi connectivity index (χ1n) is 20.6. The molecule has 57 heavy (non-hydrogen) atoms. The number of nitriles is 1. The Morgan fingerprint density at radius 2 is 1.60 bits per heavy atom. The number of ether oxygens (including phenoxy) is 3. The smallest absolute Gasteiger partial charge is 0.387 e. The van der Waals surface area contributed by atoms with E-state index in [9.17, 15) is 29.3 Å². The molecule has 0 saturated carbocycles. The third-order valence-electron chi connectivity index (χ3n) is 10.6. The molecule has 6 atom stereocenters. The van der Waals surface area contributed by atoms with Crippen LogP contribution < -0.4 is 5.73 Å². The van der Waals surface area contributed by atoms with Crippen LogP contribution in [-0.2, 0) is 40.0 Å². The van der Waals surface area contributed by atoms with E-state index in [1.54, 1.807) is 19.1 Å². The number of benzene rings is 1. The van der Waals surface area contributed by atoms with E-state index in [2.05, 4.69) is 17.0 Å². The first kappa shape index (κ1) is 46.7. The zero-order chi connectivity index (χ0) is 41.1. The molecular weight excluding hydrogens is 756 g/mol. The van der Waals surface area contributed by atoms with Gasteiger partial charge in [-0.3, -0.25) is 9.05 Å². The minimum atomic E-state index is -4.76. The summed E-state index contributed by atoms with van der Waals surface area (Å²) in [5.74, 6) is -0.354. The van der Waals surface area contributed by atoms with E-state index >= 15 is 0 Å². The fraction of sp³-hybridized carbons (Fsp3) is 0.683. The molecule has 1 saturated heterocycles. The molecule has 2 aromatic heterocycles. The van der Waals surface area contributed by atoms with Crippen LogP contribution >= 0.6 is 7.82 Å². The quantitative estimate of drug-likeness (QED) is 0.0393. The average molecular weight is 820 g/mol. The van der Waals surface area contributed by atoms with E-state index in [1.165, 1.54) is 113 Å². The molecule has 0 spiro atoms. The van der Waals surface area contributed by atoms with Crippen molar-refractivity contribution in [2.24, 2.45) is 0 Å². The first-order chi connectivity index (χ1) is 27.5. The van der Waals surface area contributed by atoms with E-state index in [4.69, 9.17) is 29.0 Å². The highest BCUT2D eigenvalue weighted by Gasteiger charge is 2.54. The molecule has 0 aliphatic carbocycles. The molecule has 1 aliphatic rings. The van der Waals surface area contributed by atoms with Crippen molar-refractivity contribution >= 4 is 19.2 Å². The molecular formula is C41H63FN5O9P. The summed E-state index contributed by atoms with van der Waals surface area (Å²) in [6.45, 7) is 2.95. The van der Waals surface area contributed by atoms with Gasteiger partial charge in [-0.15, -0.1) is 0 Å². The van der Waals surface area contributed by atoms with Gasteiger partial charge in [-0.05, 0) is 43.7 Å². The standard InChI is InChI=1S/C41H63FN5O9P/c1-3-4-5-6-7-8-9-10-11-12-13-14-15-16-17-18-23-52-27-33(53-26-32-24-31(25-43)19-20-34(32)42)28-54-57(50,51)55-29-36-38(48)39(49)41(2,56-36)37-22-21-35-40(44)45-30-46-47(35)37/h19-22,24,30,33,36,38-39,48-49H,3-18,23,26-29H2,1-2H3,(H,50,51)(H2,44,45,46)/t33-,36?,38-,39-,41+/m1/s1. The zero-order valence-corrected chi connectivity index (χ0v) is 34.5. The number of nitrogen functional groups attached to an aromatic ring is 1. The Bertz CT molecular complexity index is 1730. The van der Waals surface area contributed by atoms with E-state index in [-0.39, 0.29) is 30.2 Å². The van der Waals surface area contributed by atoms with Gasteiger partial charge in [-0.25, -0.2) is 18.5 Å². The van der Waals surface area contributed by atoms with Crippen LogP contribution in [0.4, 0.5) is 10.2 Å². The molecule has 1 fully saturated rings. The lowest BCUT2D eigenvalue weighted by atomic mass is 9.93. The second kappa shape index (κ2) is 24.1. The summed E-state index contributed by atoms with van der Waals surface area (Å²) in [6, 6.07) is 9.15. The monoisotopic (exact) mass is 819 g/mol. The minimum absolute atomic E-state index is 0.00730. The summed E-state index contributed by atoms with van der Waals surface area (Å²) in [5.41, 5.74) is 5.70. The SMILES string of the molecule is CCCCCCCCCCCCCCCCCCOC[C@H](COP(=O)(O)OCC1O[C@@](C)(c2ccc3c(N)ncnn23)[C@H](O)[C@@H]1O)OCc1cc(C#N)ccc1F. The van der Waals surface area contributed by atoms with Gasteiger partial charge in [0.25, 0.3) is 0 Å². The van der Waals surface area contributed by atoms with E-state index in [0.29, 0.717) is 17.8 Å². The van der Waals surface area contributed by atoms with E-state index in [0.717, 1.165) is 19.3 Å². The minimum Gasteiger partial charge on any atom is -0.387 e. The molecule has 3 heterocycles. The molecule has 14 nitrogen and oxygen atoms in total. The highest BCUT2D eigenvalue weighted by molar-refractivity contribution is 7.47. The maximum Gasteiger partial charge on any atom is 0.472 e. The Kier molecular flexibility index (Phi) is 19.8. The van der Waals surface area contributed by atoms with Crippen LogP contribution in [0.2, 0.25) is 0 Å². The number of anilines is 1. The third kappa shape index (κ3) is 14.6. The predicted octanol–water partition coefficient (Wildman–Crippen LogP) is 7.66. The van der Waals surface area contributed by atoms with Crippen LogP contribution in [0.25, 0.3) is 5.52 Å². The summed E-state index contributed by atoms with van der Waals surface area (Å²) in [5, 5.41) is 35.2. The molecule has 4 rings (SSSR count). The Morgan fingerprint density at radius 3 is 2.23 bits per heavy atom. The number of aliphatic hydroxyl groups excluding tert-OH is 2. The van der Waals surface area contributed by atoms with Crippen molar-refractivity contribution in [1.82, 2.24) is 14.6 Å². The molecule has 1 aromatic carbocycles. The third-order valence-corrected chi connectivity index (χ3v) is 11.5. The number of halogens is 1. The van der Waals surface area contributed by atoms with Gasteiger partial charge in [0.15, 0.2) is 5.82 Å². The van der Waals surface area contributed by atoms with Gasteiger partial charge in [0, 0.05) is 12.2 Å². The lowest BCUT2D eigenvalue weighted by molar-refractivity contribution is -0.0901.